The number of rotatable bonds is 4. The van der Waals surface area contributed by atoms with Gasteiger partial charge in [0.25, 0.3) is 0 Å². The molecule has 0 fully saturated rings. The fourth-order valence-corrected chi connectivity index (χ4v) is 7.75. The van der Waals surface area contributed by atoms with Crippen LogP contribution in [0.5, 0.6) is 0 Å². The van der Waals surface area contributed by atoms with Crippen LogP contribution in [-0.2, 0) is 5.41 Å². The molecule has 0 atom stereocenters. The number of benzene rings is 6. The lowest BCUT2D eigenvalue weighted by atomic mass is 9.75. The number of fused-ring (bicyclic) bond motifs is 6. The Kier molecular flexibility index (Phi) is 5.85. The Hall–Kier alpha value is -6.33. The van der Waals surface area contributed by atoms with E-state index < -0.39 is 0 Å². The lowest BCUT2D eigenvalue weighted by molar-refractivity contribution is 0.630. The molecule has 49 heavy (non-hydrogen) atoms. The molecular formula is C44H31N5. The van der Waals surface area contributed by atoms with Crippen molar-refractivity contribution >= 4 is 32.7 Å². The SMILES string of the molecule is CC1(C)c2ccccc2-n2c3cc4ccn(-c5cccc(-c6nc(-c7ccccc7)nc(-c7ccccc7)n6)c5)c4cc3c3cccc1c32. The third-order valence-electron chi connectivity index (χ3n) is 10.2. The van der Waals surface area contributed by atoms with E-state index in [2.05, 4.69) is 114 Å². The van der Waals surface area contributed by atoms with Crippen LogP contribution in [0.15, 0.2) is 152 Å². The number of hydrogen-bond donors (Lipinski definition) is 0. The Morgan fingerprint density at radius 2 is 1.10 bits per heavy atom. The fourth-order valence-electron chi connectivity index (χ4n) is 7.75. The zero-order valence-corrected chi connectivity index (χ0v) is 27.2. The summed E-state index contributed by atoms with van der Waals surface area (Å²) in [6.07, 6.45) is 2.17. The zero-order valence-electron chi connectivity index (χ0n) is 27.2. The van der Waals surface area contributed by atoms with Crippen molar-refractivity contribution in [3.05, 3.63) is 163 Å². The molecule has 1 aliphatic rings. The van der Waals surface area contributed by atoms with Gasteiger partial charge in [-0.2, -0.15) is 0 Å². The molecule has 232 valence electrons. The topological polar surface area (TPSA) is 48.5 Å². The van der Waals surface area contributed by atoms with Gasteiger partial charge in [-0.05, 0) is 47.5 Å². The van der Waals surface area contributed by atoms with Gasteiger partial charge in [0.15, 0.2) is 17.5 Å². The van der Waals surface area contributed by atoms with Crippen LogP contribution in [0.3, 0.4) is 0 Å². The van der Waals surface area contributed by atoms with Gasteiger partial charge < -0.3 is 9.13 Å². The van der Waals surface area contributed by atoms with E-state index in [0.717, 1.165) is 27.9 Å². The third-order valence-corrected chi connectivity index (χ3v) is 10.2. The van der Waals surface area contributed by atoms with Crippen molar-refractivity contribution in [1.82, 2.24) is 24.1 Å². The second-order valence-electron chi connectivity index (χ2n) is 13.4. The highest BCUT2D eigenvalue weighted by Crippen LogP contribution is 2.48. The number of aromatic nitrogens is 5. The maximum absolute atomic E-state index is 4.98. The molecule has 0 spiro atoms. The summed E-state index contributed by atoms with van der Waals surface area (Å²) in [7, 11) is 0. The van der Waals surface area contributed by atoms with Crippen LogP contribution >= 0.6 is 0 Å². The summed E-state index contributed by atoms with van der Waals surface area (Å²) < 4.78 is 4.76. The fraction of sp³-hybridized carbons (Fsp3) is 0.0682. The molecule has 0 bridgehead atoms. The number of para-hydroxylation sites is 2. The Labute approximate surface area is 283 Å². The molecule has 9 aromatic rings. The summed E-state index contributed by atoms with van der Waals surface area (Å²) in [4.78, 5) is 14.8. The first-order valence-electron chi connectivity index (χ1n) is 16.7. The van der Waals surface area contributed by atoms with Gasteiger partial charge >= 0.3 is 0 Å². The first kappa shape index (κ1) is 27.8. The van der Waals surface area contributed by atoms with Crippen molar-refractivity contribution in [1.29, 1.82) is 0 Å². The summed E-state index contributed by atoms with van der Waals surface area (Å²) in [5, 5.41) is 3.73. The lowest BCUT2D eigenvalue weighted by Gasteiger charge is -2.34. The van der Waals surface area contributed by atoms with Gasteiger partial charge in [0, 0.05) is 50.1 Å². The molecule has 0 radical (unpaired) electrons. The standard InChI is InChI=1S/C44H31N5/c1-44(2)35-20-9-10-22-37(35)49-39-26-30-23-24-48(38(30)27-34(39)33-19-12-21-36(44)40(33)49)32-18-11-17-31(25-32)43-46-41(28-13-5-3-6-14-28)45-42(47-43)29-15-7-4-8-16-29/h3-27H,1-2H3. The minimum absolute atomic E-state index is 0.0919. The molecule has 3 aromatic heterocycles. The van der Waals surface area contributed by atoms with Crippen LogP contribution < -0.4 is 0 Å². The first-order chi connectivity index (χ1) is 24.0. The molecule has 0 amide bonds. The number of nitrogens with zero attached hydrogens (tertiary/aromatic N) is 5. The van der Waals surface area contributed by atoms with Crippen LogP contribution in [0.2, 0.25) is 0 Å². The molecule has 0 N–H and O–H groups in total. The van der Waals surface area contributed by atoms with Gasteiger partial charge in [0.05, 0.1) is 22.2 Å². The minimum atomic E-state index is -0.0919. The smallest absolute Gasteiger partial charge is 0.164 e. The second kappa shape index (κ2) is 10.3. The van der Waals surface area contributed by atoms with E-state index in [1.165, 1.54) is 44.0 Å². The number of hydrogen-bond acceptors (Lipinski definition) is 3. The molecule has 0 saturated heterocycles. The van der Waals surface area contributed by atoms with E-state index in [9.17, 15) is 0 Å². The quantitative estimate of drug-likeness (QED) is 0.195. The maximum atomic E-state index is 4.98. The highest BCUT2D eigenvalue weighted by atomic mass is 15.0. The van der Waals surface area contributed by atoms with Gasteiger partial charge in [0.2, 0.25) is 0 Å². The van der Waals surface area contributed by atoms with Crippen molar-refractivity contribution in [2.75, 3.05) is 0 Å². The minimum Gasteiger partial charge on any atom is -0.317 e. The van der Waals surface area contributed by atoms with Crippen LogP contribution in [0.4, 0.5) is 0 Å². The van der Waals surface area contributed by atoms with Gasteiger partial charge in [-0.25, -0.2) is 15.0 Å². The van der Waals surface area contributed by atoms with Gasteiger partial charge in [0.1, 0.15) is 0 Å². The van der Waals surface area contributed by atoms with E-state index in [-0.39, 0.29) is 5.41 Å². The molecule has 4 heterocycles. The predicted octanol–water partition coefficient (Wildman–Crippen LogP) is 10.6. The van der Waals surface area contributed by atoms with Gasteiger partial charge in [-0.3, -0.25) is 0 Å². The second-order valence-corrected chi connectivity index (χ2v) is 13.4. The summed E-state index contributed by atoms with van der Waals surface area (Å²) >= 11 is 0. The highest BCUT2D eigenvalue weighted by molar-refractivity contribution is 6.15. The molecule has 0 aliphatic carbocycles. The normalized spacial score (nSPS) is 13.3. The van der Waals surface area contributed by atoms with Gasteiger partial charge in [-0.15, -0.1) is 0 Å². The van der Waals surface area contributed by atoms with Crippen molar-refractivity contribution in [2.24, 2.45) is 0 Å². The molecule has 1 aliphatic heterocycles. The Balaban J connectivity index is 1.15. The van der Waals surface area contributed by atoms with Crippen LogP contribution in [-0.4, -0.2) is 24.1 Å². The molecule has 6 aromatic carbocycles. The molecule has 5 heteroatoms. The van der Waals surface area contributed by atoms with Crippen molar-refractivity contribution in [2.45, 2.75) is 19.3 Å². The molecular weight excluding hydrogens is 599 g/mol. The van der Waals surface area contributed by atoms with E-state index >= 15 is 0 Å². The van der Waals surface area contributed by atoms with E-state index in [1.54, 1.807) is 0 Å². The molecule has 0 unspecified atom stereocenters. The summed E-state index contributed by atoms with van der Waals surface area (Å²) in [6.45, 7) is 4.69. The highest BCUT2D eigenvalue weighted by Gasteiger charge is 2.34. The van der Waals surface area contributed by atoms with E-state index in [1.807, 2.05) is 60.7 Å². The predicted molar refractivity (Wildman–Crippen MR) is 199 cm³/mol. The first-order valence-corrected chi connectivity index (χ1v) is 16.7. The van der Waals surface area contributed by atoms with E-state index in [0.29, 0.717) is 17.5 Å². The maximum Gasteiger partial charge on any atom is 0.164 e. The van der Waals surface area contributed by atoms with Crippen molar-refractivity contribution < 1.29 is 0 Å². The van der Waals surface area contributed by atoms with Gasteiger partial charge in [-0.1, -0.05) is 123 Å². The Morgan fingerprint density at radius 1 is 0.490 bits per heavy atom. The Morgan fingerprint density at radius 3 is 1.84 bits per heavy atom. The summed E-state index contributed by atoms with van der Waals surface area (Å²) in [5.74, 6) is 1.95. The van der Waals surface area contributed by atoms with Crippen LogP contribution in [0, 0.1) is 0 Å². The monoisotopic (exact) mass is 629 g/mol. The van der Waals surface area contributed by atoms with Crippen molar-refractivity contribution in [3.63, 3.8) is 0 Å². The molecule has 10 rings (SSSR count). The van der Waals surface area contributed by atoms with Crippen LogP contribution in [0.25, 0.3) is 78.2 Å². The third kappa shape index (κ3) is 4.15. The average molecular weight is 630 g/mol. The largest absolute Gasteiger partial charge is 0.317 e. The van der Waals surface area contributed by atoms with E-state index in [4.69, 9.17) is 15.0 Å². The lowest BCUT2D eigenvalue weighted by Crippen LogP contribution is -2.26. The summed E-state index contributed by atoms with van der Waals surface area (Å²) in [6, 6.07) is 51.3. The molecule has 0 saturated carbocycles. The average Bonchev–Trinajstić information content (AvgIpc) is 3.72. The molecule has 5 nitrogen and oxygen atoms in total. The Bertz CT molecular complexity index is 2680. The van der Waals surface area contributed by atoms with Crippen LogP contribution in [0.1, 0.15) is 25.0 Å². The summed E-state index contributed by atoms with van der Waals surface area (Å²) in [5.41, 5.74) is 11.5. The van der Waals surface area contributed by atoms with Crippen molar-refractivity contribution in [3.8, 4) is 45.5 Å². The zero-order chi connectivity index (χ0) is 32.7.